The first-order valence-corrected chi connectivity index (χ1v) is 22.7. The van der Waals surface area contributed by atoms with E-state index in [-0.39, 0.29) is 0 Å². The van der Waals surface area contributed by atoms with Crippen LogP contribution in [-0.4, -0.2) is 191 Å². The summed E-state index contributed by atoms with van der Waals surface area (Å²) in [7, 11) is 4.98. The van der Waals surface area contributed by atoms with Crippen LogP contribution in [0, 0.1) is 0 Å². The van der Waals surface area contributed by atoms with Crippen LogP contribution in [0.4, 0.5) is 0 Å². The van der Waals surface area contributed by atoms with E-state index < -0.39 is 0 Å². The lowest BCUT2D eigenvalue weighted by Gasteiger charge is -2.19. The number of methoxy groups -OCH3 is 3. The molecule has 0 saturated carbocycles. The van der Waals surface area contributed by atoms with Crippen LogP contribution in [0.1, 0.15) is 51.6 Å². The third-order valence-electron chi connectivity index (χ3n) is 11.1. The largest absolute Gasteiger partial charge is 0.497 e. The van der Waals surface area contributed by atoms with Crippen LogP contribution in [0.2, 0.25) is 0 Å². The third-order valence-corrected chi connectivity index (χ3v) is 11.1. The molecule has 9 rings (SSSR count). The molecule has 0 N–H and O–H groups in total. The van der Waals surface area contributed by atoms with E-state index in [0.717, 1.165) is 33.9 Å². The van der Waals surface area contributed by atoms with Gasteiger partial charge in [-0.3, -0.25) is 39.8 Å². The summed E-state index contributed by atoms with van der Waals surface area (Å²) in [6.45, 7) is 8.54. The zero-order valence-electron chi connectivity index (χ0n) is 38.8. The highest BCUT2D eigenvalue weighted by Gasteiger charge is 2.13. The summed E-state index contributed by atoms with van der Waals surface area (Å²) < 4.78 is 21.7. The van der Waals surface area contributed by atoms with E-state index in [1.807, 2.05) is 86.8 Å². The lowest BCUT2D eigenvalue weighted by Crippen LogP contribution is -2.31. The van der Waals surface area contributed by atoms with Gasteiger partial charge >= 0.3 is 0 Å². The molecule has 0 radical (unpaired) electrons. The van der Waals surface area contributed by atoms with E-state index >= 15 is 0 Å². The summed E-state index contributed by atoms with van der Waals surface area (Å²) in [5, 5.41) is 14.5. The molecule has 6 aromatic rings. The summed E-state index contributed by atoms with van der Waals surface area (Å²) in [6.07, 6.45) is 10.6. The van der Waals surface area contributed by atoms with Gasteiger partial charge in [0.2, 0.25) is 0 Å². The molecule has 6 heterocycles. The predicted octanol–water partition coefficient (Wildman–Crippen LogP) is 3.18. The van der Waals surface area contributed by atoms with Gasteiger partial charge in [0, 0.05) is 39.3 Å². The molecule has 20 heteroatoms. The normalized spacial score (nSPS) is 17.3. The van der Waals surface area contributed by atoms with Crippen LogP contribution in [0.25, 0.3) is 0 Å². The maximum Gasteiger partial charge on any atom is 0.192 e. The van der Waals surface area contributed by atoms with Crippen molar-refractivity contribution < 1.29 is 14.2 Å². The number of hydrogen-bond donors (Lipinski definition) is 0. The molecule has 0 amide bonds. The van der Waals surface area contributed by atoms with Gasteiger partial charge in [0.05, 0.1) is 118 Å². The zero-order valence-corrected chi connectivity index (χ0v) is 38.8. The first-order valence-electron chi connectivity index (χ1n) is 22.7. The third kappa shape index (κ3) is 13.7. The maximum absolute atomic E-state index is 5.38. The first kappa shape index (κ1) is 46.9. The molecule has 8 bridgehead atoms. The lowest BCUT2D eigenvalue weighted by atomic mass is 10.2. The Kier molecular flexibility index (Phi) is 16.7. The van der Waals surface area contributed by atoms with E-state index in [1.165, 1.54) is 0 Å². The second kappa shape index (κ2) is 24.3. The summed E-state index contributed by atoms with van der Waals surface area (Å²) in [6, 6.07) is 23.8. The minimum atomic E-state index is 0.508. The molecule has 3 aromatic heterocycles. The number of ether oxygens (including phenoxy) is 3. The van der Waals surface area contributed by atoms with E-state index in [2.05, 4.69) is 9.80 Å². The second-order valence-electron chi connectivity index (χ2n) is 15.9. The number of aliphatic imine (C=N–C) groups is 6. The molecule has 20 nitrogen and oxygen atoms in total. The number of benzene rings is 3. The molecule has 68 heavy (non-hydrogen) atoms. The van der Waals surface area contributed by atoms with Crippen LogP contribution in [0.15, 0.2) is 103 Å². The molecule has 0 atom stereocenters. The summed E-state index contributed by atoms with van der Waals surface area (Å²) >= 11 is 0. The van der Waals surface area contributed by atoms with Crippen LogP contribution < -0.4 is 14.2 Å². The molecular weight excluding hydrogens is 863 g/mol. The number of rotatable bonds is 9. The Bertz CT molecular complexity index is 2570. The van der Waals surface area contributed by atoms with Crippen molar-refractivity contribution in [1.82, 2.24) is 54.1 Å². The van der Waals surface area contributed by atoms with Crippen molar-refractivity contribution >= 4 is 37.3 Å². The van der Waals surface area contributed by atoms with Crippen molar-refractivity contribution in [2.45, 2.75) is 19.6 Å². The number of nitrogens with zero attached hydrogens (tertiary/aromatic N) is 17. The zero-order chi connectivity index (χ0) is 46.8. The fourth-order valence-corrected chi connectivity index (χ4v) is 7.37. The van der Waals surface area contributed by atoms with Gasteiger partial charge in [-0.1, -0.05) is 36.4 Å². The predicted molar refractivity (Wildman–Crippen MR) is 264 cm³/mol. The van der Waals surface area contributed by atoms with Gasteiger partial charge in [-0.15, -0.1) is 15.3 Å². The van der Waals surface area contributed by atoms with Crippen molar-refractivity contribution in [2.24, 2.45) is 30.0 Å². The Hall–Kier alpha value is -7.58. The summed E-state index contributed by atoms with van der Waals surface area (Å²) in [5.74, 6) is 5.83. The number of aromatic nitrogens is 9. The Balaban J connectivity index is 1.09. The average molecular weight is 920 g/mol. The monoisotopic (exact) mass is 919 g/mol. The number of fused-ring (bicyclic) bond motifs is 12. The molecule has 0 spiro atoms. The van der Waals surface area contributed by atoms with Crippen molar-refractivity contribution in [1.29, 1.82) is 0 Å². The van der Waals surface area contributed by atoms with Gasteiger partial charge in [-0.05, 0) is 53.1 Å². The van der Waals surface area contributed by atoms with Crippen LogP contribution in [0.5, 0.6) is 17.2 Å². The molecule has 0 fully saturated rings. The highest BCUT2D eigenvalue weighted by atomic mass is 16.5. The smallest absolute Gasteiger partial charge is 0.192 e. The van der Waals surface area contributed by atoms with E-state index in [1.54, 1.807) is 58.6 Å². The van der Waals surface area contributed by atoms with Crippen LogP contribution >= 0.6 is 0 Å². The Labute approximate surface area is 395 Å². The van der Waals surface area contributed by atoms with Gasteiger partial charge in [-0.25, -0.2) is 29.0 Å². The molecule has 352 valence electrons. The van der Waals surface area contributed by atoms with Crippen molar-refractivity contribution in [3.05, 3.63) is 124 Å². The average Bonchev–Trinajstić information content (AvgIpc) is 4.07. The highest BCUT2D eigenvalue weighted by Crippen LogP contribution is 2.15. The fourth-order valence-electron chi connectivity index (χ4n) is 7.37. The SMILES string of the molecule is COc1ccc(Cn2nc3nc2C=NCCN2CCN=Cc4nc(n(Cc5ccc(OC)cc5)n4)C=NCCN(CCN=C3)CCN=Cc3nc(n(Cc4ccc(OC)cc4)n3)C=NCC2)cc1. The maximum atomic E-state index is 5.38. The molecule has 0 aliphatic carbocycles. The minimum Gasteiger partial charge on any atom is -0.497 e. The standard InChI is InChI=1S/C48H57N17O3/c1-66-40-10-4-37(5-11-40)34-63-46-31-52-19-25-61-22-16-49-28-43-55-47(64(58-43)35-38-6-12-41(67-2)13-7-38)32-53-20-26-62(24-18-51-30-45(57-46)60-63)27-21-54-33-48-56-44(29-50-17-23-61)59-65(48)36-39-8-14-42(68-3)15-9-39/h4-15,28-33H,16-27,34-36H2,1-3H3. The van der Waals surface area contributed by atoms with E-state index in [4.69, 9.17) is 74.4 Å². The lowest BCUT2D eigenvalue weighted by molar-refractivity contribution is 0.298. The fraction of sp³-hybridized carbons (Fsp3) is 0.375. The van der Waals surface area contributed by atoms with Gasteiger partial charge in [0.15, 0.2) is 34.9 Å². The molecular formula is C48H57N17O3. The quantitative estimate of drug-likeness (QED) is 0.206. The molecule has 0 saturated heterocycles. The van der Waals surface area contributed by atoms with Crippen LogP contribution in [-0.2, 0) is 19.6 Å². The Morgan fingerprint density at radius 1 is 0.353 bits per heavy atom. The van der Waals surface area contributed by atoms with Crippen molar-refractivity contribution in [2.75, 3.05) is 99.9 Å². The summed E-state index contributed by atoms with van der Waals surface area (Å²) in [5.41, 5.74) is 3.17. The minimum absolute atomic E-state index is 0.508. The highest BCUT2D eigenvalue weighted by molar-refractivity contribution is 5.81. The summed E-state index contributed by atoms with van der Waals surface area (Å²) in [4.78, 5) is 47.9. The molecule has 0 unspecified atom stereocenters. The van der Waals surface area contributed by atoms with Gasteiger partial charge in [-0.2, -0.15) is 0 Å². The van der Waals surface area contributed by atoms with Gasteiger partial charge in [0.25, 0.3) is 0 Å². The second-order valence-corrected chi connectivity index (χ2v) is 15.9. The molecule has 3 aliphatic rings. The van der Waals surface area contributed by atoms with Gasteiger partial charge in [0.1, 0.15) is 17.2 Å². The molecule has 3 aromatic carbocycles. The van der Waals surface area contributed by atoms with E-state index in [0.29, 0.717) is 133 Å². The Morgan fingerprint density at radius 2 is 0.603 bits per heavy atom. The van der Waals surface area contributed by atoms with E-state index in [9.17, 15) is 0 Å². The van der Waals surface area contributed by atoms with Gasteiger partial charge < -0.3 is 14.2 Å². The van der Waals surface area contributed by atoms with Crippen molar-refractivity contribution in [3.63, 3.8) is 0 Å². The topological polar surface area (TPSA) is 200 Å². The molecule has 3 aliphatic heterocycles. The Morgan fingerprint density at radius 3 is 0.853 bits per heavy atom. The first-order chi connectivity index (χ1) is 33.5. The van der Waals surface area contributed by atoms with Crippen LogP contribution in [0.3, 0.4) is 0 Å². The van der Waals surface area contributed by atoms with Crippen molar-refractivity contribution in [3.8, 4) is 17.2 Å². The number of hydrogen-bond acceptors (Lipinski definition) is 17.